The third kappa shape index (κ3) is 4.12. The summed E-state index contributed by atoms with van der Waals surface area (Å²) in [4.78, 5) is 14.6. The molecule has 0 radical (unpaired) electrons. The summed E-state index contributed by atoms with van der Waals surface area (Å²) < 4.78 is 0. The second kappa shape index (κ2) is 6.62. The van der Waals surface area contributed by atoms with E-state index in [1.54, 1.807) is 0 Å². The maximum absolute atomic E-state index is 12.2. The Labute approximate surface area is 138 Å². The van der Waals surface area contributed by atoms with Gasteiger partial charge in [-0.15, -0.1) is 0 Å². The van der Waals surface area contributed by atoms with Gasteiger partial charge in [-0.1, -0.05) is 26.0 Å². The van der Waals surface area contributed by atoms with Gasteiger partial charge < -0.3 is 10.4 Å². The number of hydrogen-bond donors (Lipinski definition) is 2. The van der Waals surface area contributed by atoms with Gasteiger partial charge in [-0.3, -0.25) is 9.69 Å². The lowest BCUT2D eigenvalue weighted by molar-refractivity contribution is -0.118. The van der Waals surface area contributed by atoms with Crippen LogP contribution in [-0.2, 0) is 11.3 Å². The molecule has 2 fully saturated rings. The summed E-state index contributed by atoms with van der Waals surface area (Å²) in [5.41, 5.74) is 2.31. The first-order valence-electron chi connectivity index (χ1n) is 8.71. The van der Waals surface area contributed by atoms with Crippen molar-refractivity contribution < 1.29 is 9.90 Å². The van der Waals surface area contributed by atoms with E-state index in [1.807, 2.05) is 12.1 Å². The zero-order valence-corrected chi connectivity index (χ0v) is 14.2. The number of nitrogens with one attached hydrogen (secondary N) is 1. The molecule has 4 nitrogen and oxygen atoms in total. The summed E-state index contributed by atoms with van der Waals surface area (Å²) in [6.07, 6.45) is 3.13. The Bertz CT molecular complexity index is 562. The van der Waals surface area contributed by atoms with E-state index in [2.05, 4.69) is 36.2 Å². The van der Waals surface area contributed by atoms with Crippen LogP contribution in [0.3, 0.4) is 0 Å². The largest absolute Gasteiger partial charge is 0.396 e. The molecule has 1 saturated carbocycles. The highest BCUT2D eigenvalue weighted by Gasteiger charge is 2.50. The lowest BCUT2D eigenvalue weighted by atomic mass is 9.97. The fraction of sp³-hybridized carbons (Fsp3) is 0.632. The minimum absolute atomic E-state index is 0.149. The first-order valence-corrected chi connectivity index (χ1v) is 8.71. The first kappa shape index (κ1) is 16.5. The van der Waals surface area contributed by atoms with Crippen LogP contribution in [0.1, 0.15) is 38.7 Å². The molecule has 23 heavy (non-hydrogen) atoms. The number of rotatable bonds is 5. The van der Waals surface area contributed by atoms with Gasteiger partial charge in [0.05, 0.1) is 0 Å². The molecule has 0 spiro atoms. The number of carbonyl (C=O) groups excluding carboxylic acids is 1. The second-order valence-corrected chi connectivity index (χ2v) is 7.84. The average molecular weight is 316 g/mol. The van der Waals surface area contributed by atoms with Crippen molar-refractivity contribution in [3.05, 3.63) is 29.8 Å². The van der Waals surface area contributed by atoms with Crippen LogP contribution in [-0.4, -0.2) is 35.6 Å². The molecule has 4 heteroatoms. The molecule has 2 N–H and O–H groups in total. The fourth-order valence-electron chi connectivity index (χ4n) is 3.48. The normalized spacial score (nSPS) is 24.4. The third-order valence-electron chi connectivity index (χ3n) is 5.40. The van der Waals surface area contributed by atoms with Crippen molar-refractivity contribution in [2.45, 2.75) is 39.7 Å². The molecule has 1 atom stereocenters. The number of anilines is 1. The highest BCUT2D eigenvalue weighted by atomic mass is 16.3. The van der Waals surface area contributed by atoms with E-state index < -0.39 is 0 Å². The van der Waals surface area contributed by atoms with E-state index in [1.165, 1.54) is 5.56 Å². The molecule has 1 saturated heterocycles. The predicted octanol–water partition coefficient (Wildman–Crippen LogP) is 2.88. The maximum Gasteiger partial charge on any atom is 0.228 e. The number of benzene rings is 1. The van der Waals surface area contributed by atoms with Gasteiger partial charge in [-0.25, -0.2) is 0 Å². The Morgan fingerprint density at radius 1 is 1.35 bits per heavy atom. The van der Waals surface area contributed by atoms with Crippen LogP contribution in [0.4, 0.5) is 5.69 Å². The van der Waals surface area contributed by atoms with E-state index in [4.69, 9.17) is 0 Å². The van der Waals surface area contributed by atoms with Gasteiger partial charge in [0.15, 0.2) is 0 Å². The topological polar surface area (TPSA) is 52.6 Å². The number of hydrogen-bond acceptors (Lipinski definition) is 3. The lowest BCUT2D eigenvalue weighted by Crippen LogP contribution is -2.34. The quantitative estimate of drug-likeness (QED) is 0.878. The van der Waals surface area contributed by atoms with E-state index in [0.717, 1.165) is 44.6 Å². The van der Waals surface area contributed by atoms with Crippen molar-refractivity contribution in [1.82, 2.24) is 4.90 Å². The average Bonchev–Trinajstić information content (AvgIpc) is 3.17. The Kier molecular flexibility index (Phi) is 4.74. The van der Waals surface area contributed by atoms with Crippen molar-refractivity contribution in [3.63, 3.8) is 0 Å². The molecule has 0 bridgehead atoms. The van der Waals surface area contributed by atoms with Crippen molar-refractivity contribution in [3.8, 4) is 0 Å². The summed E-state index contributed by atoms with van der Waals surface area (Å²) in [7, 11) is 0. The monoisotopic (exact) mass is 316 g/mol. The van der Waals surface area contributed by atoms with Crippen LogP contribution in [0.25, 0.3) is 0 Å². The zero-order chi connectivity index (χ0) is 16.4. The molecule has 1 heterocycles. The number of nitrogens with zero attached hydrogens (tertiary/aromatic N) is 1. The van der Waals surface area contributed by atoms with E-state index in [9.17, 15) is 9.90 Å². The van der Waals surface area contributed by atoms with Gasteiger partial charge >= 0.3 is 0 Å². The van der Waals surface area contributed by atoms with Gasteiger partial charge in [0.25, 0.3) is 0 Å². The first-order chi connectivity index (χ1) is 11.0. The third-order valence-corrected chi connectivity index (χ3v) is 5.40. The van der Waals surface area contributed by atoms with Crippen LogP contribution in [0, 0.1) is 17.3 Å². The van der Waals surface area contributed by atoms with E-state index >= 15 is 0 Å². The molecule has 1 amide bonds. The van der Waals surface area contributed by atoms with Gasteiger partial charge in [-0.2, -0.15) is 0 Å². The molecule has 3 rings (SSSR count). The molecule has 1 aliphatic carbocycles. The van der Waals surface area contributed by atoms with Crippen LogP contribution < -0.4 is 5.32 Å². The number of amides is 1. The summed E-state index contributed by atoms with van der Waals surface area (Å²) in [5, 5.41) is 12.3. The number of aliphatic hydroxyl groups is 1. The highest BCUT2D eigenvalue weighted by molar-refractivity contribution is 5.95. The van der Waals surface area contributed by atoms with Crippen molar-refractivity contribution in [1.29, 1.82) is 0 Å². The van der Waals surface area contributed by atoms with E-state index in [0.29, 0.717) is 12.5 Å². The van der Waals surface area contributed by atoms with Crippen molar-refractivity contribution >= 4 is 11.6 Å². The molecule has 0 aromatic heterocycles. The molecule has 1 aliphatic heterocycles. The minimum Gasteiger partial charge on any atom is -0.396 e. The Morgan fingerprint density at radius 3 is 2.65 bits per heavy atom. The van der Waals surface area contributed by atoms with Crippen molar-refractivity contribution in [2.24, 2.45) is 17.3 Å². The van der Waals surface area contributed by atoms with Crippen LogP contribution >= 0.6 is 0 Å². The van der Waals surface area contributed by atoms with Gasteiger partial charge in [0, 0.05) is 24.8 Å². The summed E-state index contributed by atoms with van der Waals surface area (Å²) >= 11 is 0. The Balaban J connectivity index is 1.54. The number of piperidine rings is 1. The zero-order valence-electron chi connectivity index (χ0n) is 14.2. The molecule has 126 valence electrons. The Morgan fingerprint density at radius 2 is 2.04 bits per heavy atom. The molecule has 1 aromatic carbocycles. The number of likely N-dealkylation sites (tertiary alicyclic amines) is 1. The molecule has 1 aromatic rings. The lowest BCUT2D eigenvalue weighted by Gasteiger charge is -2.31. The summed E-state index contributed by atoms with van der Waals surface area (Å²) in [5.74, 6) is 0.776. The van der Waals surface area contributed by atoms with Crippen molar-refractivity contribution in [2.75, 3.05) is 25.0 Å². The van der Waals surface area contributed by atoms with Gasteiger partial charge in [-0.05, 0) is 61.4 Å². The Hall–Kier alpha value is -1.39. The van der Waals surface area contributed by atoms with Gasteiger partial charge in [0.1, 0.15) is 0 Å². The van der Waals surface area contributed by atoms with E-state index in [-0.39, 0.29) is 17.2 Å². The molecular formula is C19H28N2O2. The second-order valence-electron chi connectivity index (χ2n) is 7.84. The number of aliphatic hydroxyl groups excluding tert-OH is 1. The smallest absolute Gasteiger partial charge is 0.228 e. The molecule has 2 aliphatic rings. The molecular weight excluding hydrogens is 288 g/mol. The SMILES string of the molecule is CC1(C)CC1C(=O)Nc1cccc(CN2CCC(CO)CC2)c1. The molecule has 1 unspecified atom stereocenters. The van der Waals surface area contributed by atoms with Crippen LogP contribution in [0.2, 0.25) is 0 Å². The maximum atomic E-state index is 12.2. The number of carbonyl (C=O) groups is 1. The standard InChI is InChI=1S/C19H28N2O2/c1-19(2)11-17(19)18(23)20-16-5-3-4-15(10-16)12-21-8-6-14(13-22)7-9-21/h3-5,10,14,17,22H,6-9,11-13H2,1-2H3,(H,20,23). The van der Waals surface area contributed by atoms with Gasteiger partial charge in [0.2, 0.25) is 5.91 Å². The van der Waals surface area contributed by atoms with Crippen LogP contribution in [0.15, 0.2) is 24.3 Å². The highest BCUT2D eigenvalue weighted by Crippen LogP contribution is 2.51. The predicted molar refractivity (Wildman–Crippen MR) is 92.0 cm³/mol. The fourth-order valence-corrected chi connectivity index (χ4v) is 3.48. The minimum atomic E-state index is 0.149. The summed E-state index contributed by atoms with van der Waals surface area (Å²) in [6.45, 7) is 7.59. The summed E-state index contributed by atoms with van der Waals surface area (Å²) in [6, 6.07) is 8.19. The van der Waals surface area contributed by atoms with Crippen LogP contribution in [0.5, 0.6) is 0 Å².